The number of rotatable bonds is 0. The zero-order chi connectivity index (χ0) is 7.84. The van der Waals surface area contributed by atoms with Crippen molar-refractivity contribution < 1.29 is 0 Å². The molecule has 2 heterocycles. The fourth-order valence-electron chi connectivity index (χ4n) is 0.790. The highest BCUT2D eigenvalue weighted by Gasteiger charge is 2.12. The van der Waals surface area contributed by atoms with E-state index in [1.54, 1.807) is 0 Å². The average Bonchev–Trinajstić information content (AvgIpc) is 2.45. The van der Waals surface area contributed by atoms with Gasteiger partial charge in [-0.15, -0.1) is 0 Å². The van der Waals surface area contributed by atoms with E-state index in [1.807, 2.05) is 0 Å². The zero-order valence-electron chi connectivity index (χ0n) is 5.40. The van der Waals surface area contributed by atoms with Crippen molar-refractivity contribution in [1.82, 2.24) is 19.6 Å². The number of halogens is 1. The van der Waals surface area contributed by atoms with Crippen molar-refractivity contribution in [2.24, 2.45) is 0 Å². The lowest BCUT2D eigenvalue weighted by atomic mass is 10.4. The molecule has 0 saturated heterocycles. The quantitative estimate of drug-likeness (QED) is 0.450. The summed E-state index contributed by atoms with van der Waals surface area (Å²) in [5, 5.41) is 0.340. The molecule has 0 aromatic rings. The van der Waals surface area contributed by atoms with Crippen LogP contribution >= 0.6 is 11.6 Å². The maximum Gasteiger partial charge on any atom is 0.184 e. The van der Waals surface area contributed by atoms with Crippen molar-refractivity contribution in [1.29, 1.82) is 0 Å². The zero-order valence-corrected chi connectivity index (χ0v) is 6.15. The topological polar surface area (TPSA) is 69.6 Å². The van der Waals surface area contributed by atoms with Gasteiger partial charge in [0.25, 0.3) is 0 Å². The second kappa shape index (κ2) is 2.06. The molecule has 2 N–H and O–H groups in total. The molecule has 56 valence electrons. The minimum Gasteiger partial charge on any atom is -0.337 e. The Bertz CT molecular complexity index is 356. The van der Waals surface area contributed by atoms with E-state index in [1.165, 1.54) is 17.3 Å². The molecular weight excluding hydrogens is 166 g/mol. The number of nitrogen functional groups attached to an aromatic ring is 1. The summed E-state index contributed by atoms with van der Waals surface area (Å²) in [5.74, 6) is 5.91. The van der Waals surface area contributed by atoms with E-state index in [2.05, 4.69) is 15.0 Å². The van der Waals surface area contributed by atoms with Crippen LogP contribution < -0.4 is 5.84 Å². The summed E-state index contributed by atoms with van der Waals surface area (Å²) in [6.07, 6.45) is 2.78. The Hall–Kier alpha value is -1.36. The first-order chi connectivity index (χ1) is 5.29. The minimum atomic E-state index is 0.340. The Labute approximate surface area is 67.2 Å². The third kappa shape index (κ3) is 0.813. The highest BCUT2D eigenvalue weighted by molar-refractivity contribution is 6.31. The van der Waals surface area contributed by atoms with Crippen LogP contribution in [-0.2, 0) is 0 Å². The van der Waals surface area contributed by atoms with Gasteiger partial charge in [0.15, 0.2) is 11.0 Å². The Morgan fingerprint density at radius 3 is 3.00 bits per heavy atom. The van der Waals surface area contributed by atoms with Gasteiger partial charge in [-0.3, -0.25) is 0 Å². The Kier molecular flexibility index (Phi) is 1.19. The Morgan fingerprint density at radius 1 is 1.36 bits per heavy atom. The first-order valence-corrected chi connectivity index (χ1v) is 3.25. The molecule has 11 heavy (non-hydrogen) atoms. The second-order valence-corrected chi connectivity index (χ2v) is 2.35. The first kappa shape index (κ1) is 6.36. The summed E-state index contributed by atoms with van der Waals surface area (Å²) < 4.78 is 1.19. The van der Waals surface area contributed by atoms with Gasteiger partial charge in [-0.05, 0) is 0 Å². The van der Waals surface area contributed by atoms with Crippen LogP contribution in [0, 0.1) is 0 Å². The molecule has 0 fully saturated rings. The van der Waals surface area contributed by atoms with Gasteiger partial charge in [-0.1, -0.05) is 11.6 Å². The molecule has 2 aliphatic rings. The van der Waals surface area contributed by atoms with Gasteiger partial charge in [0.2, 0.25) is 0 Å². The van der Waals surface area contributed by atoms with Crippen LogP contribution in [0.1, 0.15) is 0 Å². The van der Waals surface area contributed by atoms with Crippen LogP contribution in [0.4, 0.5) is 0 Å². The third-order valence-electron chi connectivity index (χ3n) is 1.31. The number of fused-ring (bicyclic) bond motifs is 1. The predicted octanol–water partition coefficient (Wildman–Crippen LogP) is 0.145. The fourth-order valence-corrected chi connectivity index (χ4v) is 0.967. The summed E-state index contributed by atoms with van der Waals surface area (Å²) in [7, 11) is 0. The summed E-state index contributed by atoms with van der Waals surface area (Å²) in [6.45, 7) is 0. The van der Waals surface area contributed by atoms with Crippen LogP contribution in [0.25, 0.3) is 11.5 Å². The molecule has 2 rings (SSSR count). The number of nitrogens with two attached hydrogens (primary N) is 1. The normalized spacial score (nSPS) is 10.6. The molecular formula is C5H4ClN5. The van der Waals surface area contributed by atoms with E-state index < -0.39 is 0 Å². The molecule has 0 spiro atoms. The molecule has 0 unspecified atom stereocenters. The van der Waals surface area contributed by atoms with Gasteiger partial charge in [0.1, 0.15) is 18.3 Å². The summed E-state index contributed by atoms with van der Waals surface area (Å²) in [6, 6.07) is 0. The maximum atomic E-state index is 5.76. The third-order valence-corrected chi connectivity index (χ3v) is 1.68. The molecule has 5 nitrogen and oxygen atoms in total. The Morgan fingerprint density at radius 2 is 2.18 bits per heavy atom. The van der Waals surface area contributed by atoms with Gasteiger partial charge in [-0.25, -0.2) is 19.6 Å². The number of hydrogen-bond acceptors (Lipinski definition) is 4. The van der Waals surface area contributed by atoms with Gasteiger partial charge >= 0.3 is 0 Å². The van der Waals surface area contributed by atoms with Crippen molar-refractivity contribution in [3.63, 3.8) is 0 Å². The van der Waals surface area contributed by atoms with Gasteiger partial charge < -0.3 is 5.84 Å². The number of nitrogens with zero attached hydrogens (tertiary/aromatic N) is 4. The molecule has 0 radical (unpaired) electrons. The molecule has 0 aromatic carbocycles. The van der Waals surface area contributed by atoms with Crippen LogP contribution in [0.3, 0.4) is 0 Å². The van der Waals surface area contributed by atoms with Crippen LogP contribution in [0.5, 0.6) is 0 Å². The molecule has 0 bridgehead atoms. The predicted molar refractivity (Wildman–Crippen MR) is 39.6 cm³/mol. The molecule has 0 saturated carbocycles. The van der Waals surface area contributed by atoms with Crippen molar-refractivity contribution in [2.45, 2.75) is 0 Å². The molecule has 6 heteroatoms. The van der Waals surface area contributed by atoms with E-state index in [0.29, 0.717) is 16.7 Å². The van der Waals surface area contributed by atoms with E-state index in [9.17, 15) is 0 Å². The number of imidazole rings is 1. The standard InChI is InChI=1S/C5H4ClN5/c6-4-3-5(9-1-8-3)10-2-11(4)7/h1-2H,7H2. The molecule has 0 aromatic heterocycles. The number of aromatic nitrogens is 4. The van der Waals surface area contributed by atoms with Crippen molar-refractivity contribution in [3.8, 4) is 11.5 Å². The molecule has 2 aliphatic heterocycles. The van der Waals surface area contributed by atoms with E-state index in [-0.39, 0.29) is 0 Å². The van der Waals surface area contributed by atoms with Crippen molar-refractivity contribution in [2.75, 3.05) is 5.84 Å². The number of hydrogen-bond donors (Lipinski definition) is 1. The second-order valence-electron chi connectivity index (χ2n) is 1.99. The monoisotopic (exact) mass is 169 g/mol. The van der Waals surface area contributed by atoms with Gasteiger partial charge in [0.05, 0.1) is 0 Å². The summed E-state index contributed by atoms with van der Waals surface area (Å²) >= 11 is 5.76. The highest BCUT2D eigenvalue weighted by Crippen LogP contribution is 2.21. The highest BCUT2D eigenvalue weighted by atomic mass is 35.5. The van der Waals surface area contributed by atoms with Crippen molar-refractivity contribution >= 4 is 11.6 Å². The van der Waals surface area contributed by atoms with Gasteiger partial charge in [-0.2, -0.15) is 0 Å². The lowest BCUT2D eigenvalue weighted by molar-refractivity contribution is 0.927. The maximum absolute atomic E-state index is 5.76. The van der Waals surface area contributed by atoms with E-state index >= 15 is 0 Å². The smallest absolute Gasteiger partial charge is 0.184 e. The van der Waals surface area contributed by atoms with Crippen LogP contribution in [0.2, 0.25) is 5.15 Å². The first-order valence-electron chi connectivity index (χ1n) is 2.87. The average molecular weight is 170 g/mol. The largest absolute Gasteiger partial charge is 0.337 e. The van der Waals surface area contributed by atoms with Crippen LogP contribution in [0.15, 0.2) is 12.7 Å². The summed E-state index contributed by atoms with van der Waals surface area (Å²) in [4.78, 5) is 11.6. The molecule has 0 aliphatic carbocycles. The lowest BCUT2D eigenvalue weighted by Gasteiger charge is -2.02. The lowest BCUT2D eigenvalue weighted by Crippen LogP contribution is -2.12. The minimum absolute atomic E-state index is 0.340. The summed E-state index contributed by atoms with van der Waals surface area (Å²) in [5.41, 5.74) is 0.525. The van der Waals surface area contributed by atoms with Gasteiger partial charge in [0, 0.05) is 0 Å². The fraction of sp³-hybridized carbons (Fsp3) is 0. The van der Waals surface area contributed by atoms with E-state index in [4.69, 9.17) is 17.4 Å². The SMILES string of the molecule is Nn1cnc2ncnc-2c1Cl. The van der Waals surface area contributed by atoms with Crippen LogP contribution in [-0.4, -0.2) is 19.6 Å². The molecule has 0 atom stereocenters. The molecule has 0 amide bonds. The Balaban J connectivity index is 2.81. The van der Waals surface area contributed by atoms with E-state index in [0.717, 1.165) is 0 Å². The van der Waals surface area contributed by atoms with Crippen molar-refractivity contribution in [3.05, 3.63) is 17.8 Å².